The summed E-state index contributed by atoms with van der Waals surface area (Å²) in [4.78, 5) is 17.0. The molecular formula is C17H17FN4O. The van der Waals surface area contributed by atoms with E-state index in [4.69, 9.17) is 0 Å². The number of hydrogen-bond acceptors (Lipinski definition) is 4. The average molecular weight is 312 g/mol. The largest absolute Gasteiger partial charge is 0.328 e. The number of benzene rings is 1. The lowest BCUT2D eigenvalue weighted by Crippen LogP contribution is -2.36. The van der Waals surface area contributed by atoms with Gasteiger partial charge < -0.3 is 5.32 Å². The van der Waals surface area contributed by atoms with E-state index in [1.807, 2.05) is 0 Å². The second-order valence-electron chi connectivity index (χ2n) is 6.94. The summed E-state index contributed by atoms with van der Waals surface area (Å²) in [6.07, 6.45) is 2.74. The molecule has 2 aliphatic rings. The number of allylic oxidation sites excluding steroid dienone is 2. The highest BCUT2D eigenvalue weighted by molar-refractivity contribution is 6.00. The highest BCUT2D eigenvalue weighted by atomic mass is 19.1. The van der Waals surface area contributed by atoms with Crippen molar-refractivity contribution < 1.29 is 9.18 Å². The van der Waals surface area contributed by atoms with Crippen LogP contribution in [0.2, 0.25) is 0 Å². The molecule has 0 saturated heterocycles. The van der Waals surface area contributed by atoms with E-state index in [2.05, 4.69) is 29.2 Å². The van der Waals surface area contributed by atoms with Gasteiger partial charge in [-0.3, -0.25) is 4.79 Å². The van der Waals surface area contributed by atoms with Crippen LogP contribution in [0.25, 0.3) is 0 Å². The van der Waals surface area contributed by atoms with Gasteiger partial charge in [0.25, 0.3) is 0 Å². The first-order chi connectivity index (χ1) is 10.9. The quantitative estimate of drug-likeness (QED) is 0.879. The third-order valence-electron chi connectivity index (χ3n) is 4.46. The zero-order valence-corrected chi connectivity index (χ0v) is 13.0. The number of rotatable bonds is 1. The molecule has 1 N–H and O–H groups in total. The first-order valence-electron chi connectivity index (χ1n) is 7.63. The predicted molar refractivity (Wildman–Crippen MR) is 83.2 cm³/mol. The second kappa shape index (κ2) is 4.75. The van der Waals surface area contributed by atoms with Crippen LogP contribution in [0.1, 0.15) is 38.3 Å². The second-order valence-corrected chi connectivity index (χ2v) is 6.94. The first-order valence-corrected chi connectivity index (χ1v) is 7.63. The summed E-state index contributed by atoms with van der Waals surface area (Å²) in [6.45, 7) is 4.17. The molecular weight excluding hydrogens is 295 g/mol. The van der Waals surface area contributed by atoms with Crippen molar-refractivity contribution in [1.29, 1.82) is 0 Å². The number of anilines is 1. The van der Waals surface area contributed by atoms with E-state index in [-0.39, 0.29) is 23.1 Å². The minimum Gasteiger partial charge on any atom is -0.328 e. The van der Waals surface area contributed by atoms with Gasteiger partial charge in [0.05, 0.1) is 0 Å². The molecule has 1 aliphatic heterocycles. The normalized spacial score (nSPS) is 22.4. The van der Waals surface area contributed by atoms with Crippen LogP contribution < -0.4 is 5.32 Å². The molecule has 1 unspecified atom stereocenters. The van der Waals surface area contributed by atoms with Crippen molar-refractivity contribution >= 4 is 11.7 Å². The van der Waals surface area contributed by atoms with Crippen molar-refractivity contribution in [1.82, 2.24) is 14.8 Å². The Bertz CT molecular complexity index is 819. The summed E-state index contributed by atoms with van der Waals surface area (Å²) in [7, 11) is 0. The lowest BCUT2D eigenvalue weighted by Gasteiger charge is -2.38. The molecule has 1 atom stereocenters. The summed E-state index contributed by atoms with van der Waals surface area (Å²) in [5.74, 6) is 0.426. The van der Waals surface area contributed by atoms with Crippen LogP contribution in [-0.4, -0.2) is 20.5 Å². The smallest absolute Gasteiger partial charge is 0.226 e. The van der Waals surface area contributed by atoms with Crippen molar-refractivity contribution in [3.05, 3.63) is 53.2 Å². The van der Waals surface area contributed by atoms with Crippen LogP contribution in [0.4, 0.5) is 10.3 Å². The van der Waals surface area contributed by atoms with Gasteiger partial charge in [-0.1, -0.05) is 26.0 Å². The number of halogens is 1. The number of nitrogens with zero attached hydrogens (tertiary/aromatic N) is 3. The Morgan fingerprint density at radius 3 is 2.74 bits per heavy atom. The van der Waals surface area contributed by atoms with E-state index < -0.39 is 0 Å². The summed E-state index contributed by atoms with van der Waals surface area (Å²) >= 11 is 0. The summed E-state index contributed by atoms with van der Waals surface area (Å²) < 4.78 is 15.0. The lowest BCUT2D eigenvalue weighted by atomic mass is 9.73. The fourth-order valence-electron chi connectivity index (χ4n) is 3.50. The van der Waals surface area contributed by atoms with Gasteiger partial charge in [-0.05, 0) is 29.5 Å². The molecule has 2 aromatic rings. The van der Waals surface area contributed by atoms with E-state index in [0.29, 0.717) is 17.9 Å². The molecule has 23 heavy (non-hydrogen) atoms. The highest BCUT2D eigenvalue weighted by Crippen LogP contribution is 2.44. The number of nitrogens with one attached hydrogen (secondary N) is 1. The van der Waals surface area contributed by atoms with Crippen LogP contribution >= 0.6 is 0 Å². The standard InChI is InChI=1S/C17H17FN4O/c1-17(2)7-12-14(13(23)8-17)15(10-3-5-11(18)6-4-10)22-16(21-12)19-9-20-22/h3-6,9,15H,7-8H2,1-2H3,(H,19,20,21). The number of hydrogen-bond donors (Lipinski definition) is 1. The van der Waals surface area contributed by atoms with Gasteiger partial charge in [-0.15, -0.1) is 0 Å². The fraction of sp³-hybridized carbons (Fsp3) is 0.353. The van der Waals surface area contributed by atoms with Gasteiger partial charge in [0.1, 0.15) is 18.2 Å². The van der Waals surface area contributed by atoms with E-state index in [9.17, 15) is 9.18 Å². The Hall–Kier alpha value is -2.50. The number of ketones is 1. The summed E-state index contributed by atoms with van der Waals surface area (Å²) in [6, 6.07) is 5.87. The van der Waals surface area contributed by atoms with Crippen LogP contribution in [0, 0.1) is 11.2 Å². The molecule has 0 fully saturated rings. The third-order valence-corrected chi connectivity index (χ3v) is 4.46. The van der Waals surface area contributed by atoms with Gasteiger partial charge in [-0.2, -0.15) is 10.1 Å². The Morgan fingerprint density at radius 2 is 2.00 bits per heavy atom. The van der Waals surface area contributed by atoms with Gasteiger partial charge in [0.15, 0.2) is 5.78 Å². The van der Waals surface area contributed by atoms with Crippen molar-refractivity contribution in [2.24, 2.45) is 5.41 Å². The van der Waals surface area contributed by atoms with Gasteiger partial charge in [0, 0.05) is 17.7 Å². The predicted octanol–water partition coefficient (Wildman–Crippen LogP) is 3.08. The van der Waals surface area contributed by atoms with E-state index in [0.717, 1.165) is 17.7 Å². The third kappa shape index (κ3) is 2.25. The molecule has 0 spiro atoms. The molecule has 0 amide bonds. The molecule has 0 radical (unpaired) electrons. The number of aromatic nitrogens is 3. The van der Waals surface area contributed by atoms with Crippen LogP contribution in [0.15, 0.2) is 41.9 Å². The molecule has 6 heteroatoms. The Labute approximate surface area is 133 Å². The SMILES string of the molecule is CC1(C)CC(=O)C2=C(C1)Nc1ncnn1C2c1ccc(F)cc1. The minimum atomic E-state index is -0.354. The van der Waals surface area contributed by atoms with E-state index in [1.165, 1.54) is 18.5 Å². The molecule has 118 valence electrons. The number of fused-ring (bicyclic) bond motifs is 1. The van der Waals surface area contributed by atoms with Crippen molar-refractivity contribution in [2.75, 3.05) is 5.32 Å². The minimum absolute atomic E-state index is 0.0849. The monoisotopic (exact) mass is 312 g/mol. The first kappa shape index (κ1) is 14.1. The molecule has 1 aromatic heterocycles. The average Bonchev–Trinajstić information content (AvgIpc) is 2.92. The van der Waals surface area contributed by atoms with E-state index >= 15 is 0 Å². The van der Waals surface area contributed by atoms with Crippen LogP contribution in [-0.2, 0) is 4.79 Å². The maximum absolute atomic E-state index is 13.3. The Balaban J connectivity index is 1.89. The highest BCUT2D eigenvalue weighted by Gasteiger charge is 2.41. The van der Waals surface area contributed by atoms with E-state index in [1.54, 1.807) is 16.8 Å². The zero-order chi connectivity index (χ0) is 16.2. The molecule has 2 heterocycles. The Morgan fingerprint density at radius 1 is 1.26 bits per heavy atom. The van der Waals surface area contributed by atoms with Gasteiger partial charge >= 0.3 is 0 Å². The fourth-order valence-corrected chi connectivity index (χ4v) is 3.50. The molecule has 4 rings (SSSR count). The van der Waals surface area contributed by atoms with Crippen molar-refractivity contribution in [2.45, 2.75) is 32.7 Å². The maximum Gasteiger partial charge on any atom is 0.226 e. The summed E-state index contributed by atoms with van der Waals surface area (Å²) in [5.41, 5.74) is 2.37. The maximum atomic E-state index is 13.3. The van der Waals surface area contributed by atoms with Crippen LogP contribution in [0.5, 0.6) is 0 Å². The topological polar surface area (TPSA) is 59.8 Å². The van der Waals surface area contributed by atoms with Gasteiger partial charge in [-0.25, -0.2) is 9.07 Å². The molecule has 1 aliphatic carbocycles. The molecule has 0 saturated carbocycles. The zero-order valence-electron chi connectivity index (χ0n) is 13.0. The molecule has 5 nitrogen and oxygen atoms in total. The van der Waals surface area contributed by atoms with Crippen molar-refractivity contribution in [3.63, 3.8) is 0 Å². The number of carbonyl (C=O) groups excluding carboxylic acids is 1. The number of Topliss-reactive ketones (excluding diaryl/α,β-unsaturated/α-hetero) is 1. The number of carbonyl (C=O) groups is 1. The van der Waals surface area contributed by atoms with Crippen molar-refractivity contribution in [3.8, 4) is 0 Å². The lowest BCUT2D eigenvalue weighted by molar-refractivity contribution is -0.118. The molecule has 0 bridgehead atoms. The summed E-state index contributed by atoms with van der Waals surface area (Å²) in [5, 5.41) is 7.51. The Kier molecular flexibility index (Phi) is 2.91. The van der Waals surface area contributed by atoms with Crippen LogP contribution in [0.3, 0.4) is 0 Å². The van der Waals surface area contributed by atoms with Gasteiger partial charge in [0.2, 0.25) is 5.95 Å². The molecule has 1 aromatic carbocycles.